The van der Waals surface area contributed by atoms with Gasteiger partial charge in [-0.25, -0.2) is 0 Å². The molecule has 21 heavy (non-hydrogen) atoms. The molecule has 0 radical (unpaired) electrons. The largest absolute Gasteiger partial charge is 0.454 e. The van der Waals surface area contributed by atoms with Gasteiger partial charge in [0, 0.05) is 32.2 Å². The molecule has 2 N–H and O–H groups in total. The van der Waals surface area contributed by atoms with Crippen LogP contribution in [0, 0.1) is 0 Å². The maximum atomic E-state index is 12.3. The van der Waals surface area contributed by atoms with E-state index in [1.54, 1.807) is 6.07 Å². The van der Waals surface area contributed by atoms with E-state index in [1.807, 2.05) is 19.1 Å². The van der Waals surface area contributed by atoms with Crippen LogP contribution < -0.4 is 19.5 Å². The van der Waals surface area contributed by atoms with Gasteiger partial charge in [0.05, 0.1) is 0 Å². The molecular weight excluding hydrogens is 294 g/mol. The fourth-order valence-electron chi connectivity index (χ4n) is 2.43. The van der Waals surface area contributed by atoms with Crippen LogP contribution in [0.15, 0.2) is 18.2 Å². The quantitative estimate of drug-likeness (QED) is 0.831. The van der Waals surface area contributed by atoms with Gasteiger partial charge in [0.2, 0.25) is 6.79 Å². The van der Waals surface area contributed by atoms with Crippen LogP contribution in [0.2, 0.25) is 0 Å². The number of hydrogen-bond donors (Lipinski definition) is 2. The predicted octanol–water partition coefficient (Wildman–Crippen LogP) is 0.216. The van der Waals surface area contributed by atoms with Gasteiger partial charge in [0.15, 0.2) is 11.5 Å². The maximum absolute atomic E-state index is 12.3. The molecular formula is C13H19N3O4S. The Bertz CT molecular complexity index is 614. The topological polar surface area (TPSA) is 79.9 Å². The molecule has 8 heteroatoms. The summed E-state index contributed by atoms with van der Waals surface area (Å²) in [6, 6.07) is 5.12. The van der Waals surface area contributed by atoms with Gasteiger partial charge < -0.3 is 14.8 Å². The predicted molar refractivity (Wildman–Crippen MR) is 77.5 cm³/mol. The van der Waals surface area contributed by atoms with Gasteiger partial charge in [-0.15, -0.1) is 0 Å². The summed E-state index contributed by atoms with van der Waals surface area (Å²) < 4.78 is 39.4. The second-order valence-corrected chi connectivity index (χ2v) is 6.81. The van der Waals surface area contributed by atoms with E-state index in [1.165, 1.54) is 4.31 Å². The van der Waals surface area contributed by atoms with E-state index in [2.05, 4.69) is 10.0 Å². The van der Waals surface area contributed by atoms with Crippen LogP contribution in [-0.2, 0) is 10.2 Å². The number of rotatable bonds is 4. The summed E-state index contributed by atoms with van der Waals surface area (Å²) in [5.74, 6) is 1.34. The first-order valence-corrected chi connectivity index (χ1v) is 8.38. The first kappa shape index (κ1) is 14.6. The number of nitrogens with zero attached hydrogens (tertiary/aromatic N) is 1. The molecule has 7 nitrogen and oxygen atoms in total. The SMILES string of the molecule is CC(NS(=O)(=O)N1CCNCC1)c1ccc2c(c1)OCO2. The van der Waals surface area contributed by atoms with Crippen molar-refractivity contribution in [1.29, 1.82) is 0 Å². The number of benzene rings is 1. The van der Waals surface area contributed by atoms with Crippen molar-refractivity contribution < 1.29 is 17.9 Å². The molecule has 1 atom stereocenters. The summed E-state index contributed by atoms with van der Waals surface area (Å²) in [5, 5.41) is 3.14. The summed E-state index contributed by atoms with van der Waals surface area (Å²) in [6.07, 6.45) is 0. The third-order valence-corrected chi connectivity index (χ3v) is 5.33. The lowest BCUT2D eigenvalue weighted by Crippen LogP contribution is -2.50. The summed E-state index contributed by atoms with van der Waals surface area (Å²) in [7, 11) is -3.47. The molecule has 0 aromatic heterocycles. The third kappa shape index (κ3) is 3.13. The molecule has 2 heterocycles. The minimum atomic E-state index is -3.47. The Balaban J connectivity index is 1.71. The molecule has 2 aliphatic heterocycles. The molecule has 1 aromatic carbocycles. The highest BCUT2D eigenvalue weighted by Crippen LogP contribution is 2.34. The molecule has 0 amide bonds. The lowest BCUT2D eigenvalue weighted by molar-refractivity contribution is 0.174. The van der Waals surface area contributed by atoms with Crippen LogP contribution in [0.1, 0.15) is 18.5 Å². The molecule has 3 rings (SSSR count). The first-order valence-electron chi connectivity index (χ1n) is 6.94. The highest BCUT2D eigenvalue weighted by Gasteiger charge is 2.26. The lowest BCUT2D eigenvalue weighted by Gasteiger charge is -2.28. The highest BCUT2D eigenvalue weighted by atomic mass is 32.2. The molecule has 0 spiro atoms. The Morgan fingerprint density at radius 1 is 1.24 bits per heavy atom. The molecule has 2 aliphatic rings. The molecule has 1 fully saturated rings. The van der Waals surface area contributed by atoms with Crippen molar-refractivity contribution in [3.63, 3.8) is 0 Å². The molecule has 0 saturated carbocycles. The van der Waals surface area contributed by atoms with Crippen molar-refractivity contribution in [3.8, 4) is 11.5 Å². The van der Waals surface area contributed by atoms with Gasteiger partial charge in [-0.3, -0.25) is 0 Å². The summed E-state index contributed by atoms with van der Waals surface area (Å²) in [6.45, 7) is 4.36. The third-order valence-electron chi connectivity index (χ3n) is 3.64. The second kappa shape index (κ2) is 5.80. The molecule has 0 aliphatic carbocycles. The van der Waals surface area contributed by atoms with E-state index in [4.69, 9.17) is 9.47 Å². The molecule has 1 unspecified atom stereocenters. The number of piperazine rings is 1. The smallest absolute Gasteiger partial charge is 0.280 e. The zero-order chi connectivity index (χ0) is 14.9. The molecule has 1 saturated heterocycles. The summed E-state index contributed by atoms with van der Waals surface area (Å²) in [5.41, 5.74) is 0.845. The maximum Gasteiger partial charge on any atom is 0.280 e. The molecule has 116 valence electrons. The monoisotopic (exact) mass is 313 g/mol. The van der Waals surface area contributed by atoms with Crippen LogP contribution >= 0.6 is 0 Å². The Morgan fingerprint density at radius 3 is 2.71 bits per heavy atom. The van der Waals surface area contributed by atoms with Gasteiger partial charge in [-0.1, -0.05) is 6.07 Å². The van der Waals surface area contributed by atoms with Crippen LogP contribution in [0.4, 0.5) is 0 Å². The van der Waals surface area contributed by atoms with Gasteiger partial charge in [-0.05, 0) is 24.6 Å². The minimum Gasteiger partial charge on any atom is -0.454 e. The van der Waals surface area contributed by atoms with E-state index >= 15 is 0 Å². The average molecular weight is 313 g/mol. The zero-order valence-corrected chi connectivity index (χ0v) is 12.6. The lowest BCUT2D eigenvalue weighted by atomic mass is 10.1. The fourth-order valence-corrected chi connectivity index (χ4v) is 3.83. The summed E-state index contributed by atoms with van der Waals surface area (Å²) >= 11 is 0. The Morgan fingerprint density at radius 2 is 1.95 bits per heavy atom. The van der Waals surface area contributed by atoms with Crippen molar-refractivity contribution in [2.75, 3.05) is 33.0 Å². The van der Waals surface area contributed by atoms with Crippen molar-refractivity contribution in [1.82, 2.24) is 14.3 Å². The van der Waals surface area contributed by atoms with Gasteiger partial charge >= 0.3 is 0 Å². The zero-order valence-electron chi connectivity index (χ0n) is 11.8. The standard InChI is InChI=1S/C13H19N3O4S/c1-10(11-2-3-12-13(8-11)20-9-19-12)15-21(17,18)16-6-4-14-5-7-16/h2-3,8,10,14-15H,4-7,9H2,1H3. The molecule has 0 bridgehead atoms. The van der Waals surface area contributed by atoms with Crippen LogP contribution in [0.3, 0.4) is 0 Å². The Hall–Kier alpha value is -1.35. The number of fused-ring (bicyclic) bond motifs is 1. The van der Waals surface area contributed by atoms with Crippen molar-refractivity contribution >= 4 is 10.2 Å². The normalized spacial score (nSPS) is 20.4. The average Bonchev–Trinajstić information content (AvgIpc) is 2.95. The Labute approximate surface area is 124 Å². The van der Waals surface area contributed by atoms with Gasteiger partial charge in [-0.2, -0.15) is 17.4 Å². The van der Waals surface area contributed by atoms with Crippen LogP contribution in [-0.4, -0.2) is 45.7 Å². The number of nitrogens with one attached hydrogen (secondary N) is 2. The van der Waals surface area contributed by atoms with E-state index in [9.17, 15) is 8.42 Å². The van der Waals surface area contributed by atoms with E-state index < -0.39 is 10.2 Å². The molecule has 1 aromatic rings. The Kier molecular flexibility index (Phi) is 4.03. The van der Waals surface area contributed by atoms with E-state index in [0.29, 0.717) is 37.7 Å². The van der Waals surface area contributed by atoms with Crippen LogP contribution in [0.5, 0.6) is 11.5 Å². The fraction of sp³-hybridized carbons (Fsp3) is 0.538. The van der Waals surface area contributed by atoms with E-state index in [-0.39, 0.29) is 12.8 Å². The first-order chi connectivity index (χ1) is 10.1. The highest BCUT2D eigenvalue weighted by molar-refractivity contribution is 7.87. The van der Waals surface area contributed by atoms with Crippen molar-refractivity contribution in [2.24, 2.45) is 0 Å². The summed E-state index contributed by atoms with van der Waals surface area (Å²) in [4.78, 5) is 0. The van der Waals surface area contributed by atoms with Gasteiger partial charge in [0.25, 0.3) is 10.2 Å². The van der Waals surface area contributed by atoms with Gasteiger partial charge in [0.1, 0.15) is 0 Å². The number of hydrogen-bond acceptors (Lipinski definition) is 5. The second-order valence-electron chi connectivity index (χ2n) is 5.11. The van der Waals surface area contributed by atoms with Crippen LogP contribution in [0.25, 0.3) is 0 Å². The van der Waals surface area contributed by atoms with E-state index in [0.717, 1.165) is 5.56 Å². The van der Waals surface area contributed by atoms with Crippen molar-refractivity contribution in [3.05, 3.63) is 23.8 Å². The minimum absolute atomic E-state index is 0.208. The van der Waals surface area contributed by atoms with Crippen molar-refractivity contribution in [2.45, 2.75) is 13.0 Å². The number of ether oxygens (including phenoxy) is 2.